The summed E-state index contributed by atoms with van der Waals surface area (Å²) in [5.74, 6) is -0.926. The van der Waals surface area contributed by atoms with Crippen molar-refractivity contribution in [3.05, 3.63) is 16.1 Å². The largest absolute Gasteiger partial charge is 0.476 e. The van der Waals surface area contributed by atoms with Gasteiger partial charge in [-0.1, -0.05) is 6.92 Å². The van der Waals surface area contributed by atoms with Gasteiger partial charge in [-0.3, -0.25) is 4.90 Å². The van der Waals surface area contributed by atoms with E-state index in [0.717, 1.165) is 25.2 Å². The highest BCUT2D eigenvalue weighted by Gasteiger charge is 2.23. The normalized spacial score (nSPS) is 21.4. The van der Waals surface area contributed by atoms with E-state index >= 15 is 0 Å². The second-order valence-corrected chi connectivity index (χ2v) is 4.98. The molecule has 2 heterocycles. The summed E-state index contributed by atoms with van der Waals surface area (Å²) >= 11 is 1.21. The molecule has 1 atom stereocenters. The predicted octanol–water partition coefficient (Wildman–Crippen LogP) is 2.22. The molecule has 88 valence electrons. The number of carboxylic acids is 1. The van der Waals surface area contributed by atoms with Gasteiger partial charge in [0.25, 0.3) is 0 Å². The first-order valence-electron chi connectivity index (χ1n) is 5.62. The molecule has 1 unspecified atom stereocenters. The van der Waals surface area contributed by atoms with E-state index in [-0.39, 0.29) is 5.01 Å². The maximum absolute atomic E-state index is 10.7. The summed E-state index contributed by atoms with van der Waals surface area (Å²) in [6.07, 6.45) is 3.66. The van der Waals surface area contributed by atoms with Crippen LogP contribution in [-0.4, -0.2) is 33.5 Å². The van der Waals surface area contributed by atoms with Crippen molar-refractivity contribution in [1.82, 2.24) is 9.88 Å². The van der Waals surface area contributed by atoms with Gasteiger partial charge in [-0.15, -0.1) is 11.3 Å². The molecule has 2 rings (SSSR count). The first-order chi connectivity index (χ1) is 7.70. The molecule has 0 saturated carbocycles. The summed E-state index contributed by atoms with van der Waals surface area (Å²) in [6.45, 7) is 4.10. The summed E-state index contributed by atoms with van der Waals surface area (Å²) in [4.78, 5) is 17.2. The van der Waals surface area contributed by atoms with Gasteiger partial charge < -0.3 is 5.11 Å². The Kier molecular flexibility index (Phi) is 3.56. The summed E-state index contributed by atoms with van der Waals surface area (Å²) in [6, 6.07) is 0.648. The molecule has 1 N–H and O–H groups in total. The van der Waals surface area contributed by atoms with Crippen LogP contribution in [0.4, 0.5) is 0 Å². The monoisotopic (exact) mass is 240 g/mol. The van der Waals surface area contributed by atoms with Gasteiger partial charge in [0.1, 0.15) is 0 Å². The van der Waals surface area contributed by atoms with E-state index in [1.807, 2.05) is 5.38 Å². The van der Waals surface area contributed by atoms with Crippen LogP contribution in [0.15, 0.2) is 5.38 Å². The van der Waals surface area contributed by atoms with Gasteiger partial charge in [0.15, 0.2) is 0 Å². The zero-order valence-electron chi connectivity index (χ0n) is 9.35. The lowest BCUT2D eigenvalue weighted by atomic mass is 10.2. The third-order valence-electron chi connectivity index (χ3n) is 3.07. The molecule has 0 aliphatic carbocycles. The molecule has 1 fully saturated rings. The molecule has 0 aromatic carbocycles. The summed E-state index contributed by atoms with van der Waals surface area (Å²) in [5, 5.41) is 10.8. The molecule has 4 nitrogen and oxygen atoms in total. The van der Waals surface area contributed by atoms with E-state index in [1.165, 1.54) is 24.2 Å². The van der Waals surface area contributed by atoms with E-state index in [1.54, 1.807) is 0 Å². The number of aromatic nitrogens is 1. The molecule has 1 aromatic heterocycles. The number of rotatable bonds is 4. The Morgan fingerprint density at radius 1 is 1.75 bits per heavy atom. The molecular formula is C11H16N2O2S. The fourth-order valence-electron chi connectivity index (χ4n) is 2.25. The maximum atomic E-state index is 10.7. The average molecular weight is 240 g/mol. The molecule has 1 aliphatic heterocycles. The minimum atomic E-state index is -0.926. The van der Waals surface area contributed by atoms with Crippen molar-refractivity contribution in [2.75, 3.05) is 6.54 Å². The molecule has 0 radical (unpaired) electrons. The Morgan fingerprint density at radius 3 is 3.19 bits per heavy atom. The Hall–Kier alpha value is -0.940. The molecule has 1 aromatic rings. The number of nitrogens with zero attached hydrogens (tertiary/aromatic N) is 2. The van der Waals surface area contributed by atoms with Crippen LogP contribution in [-0.2, 0) is 6.54 Å². The van der Waals surface area contributed by atoms with E-state index < -0.39 is 5.97 Å². The molecule has 0 spiro atoms. The van der Waals surface area contributed by atoms with Gasteiger partial charge in [0.05, 0.1) is 5.69 Å². The van der Waals surface area contributed by atoms with Gasteiger partial charge in [0, 0.05) is 18.0 Å². The highest BCUT2D eigenvalue weighted by atomic mass is 32.1. The lowest BCUT2D eigenvalue weighted by molar-refractivity contribution is 0.0696. The molecule has 0 bridgehead atoms. The van der Waals surface area contributed by atoms with E-state index in [0.29, 0.717) is 6.04 Å². The van der Waals surface area contributed by atoms with Crippen LogP contribution in [0.1, 0.15) is 41.7 Å². The van der Waals surface area contributed by atoms with Crippen molar-refractivity contribution < 1.29 is 9.90 Å². The van der Waals surface area contributed by atoms with Crippen molar-refractivity contribution in [3.8, 4) is 0 Å². The molecule has 0 amide bonds. The number of aromatic carboxylic acids is 1. The van der Waals surface area contributed by atoms with Crippen LogP contribution in [0.25, 0.3) is 0 Å². The van der Waals surface area contributed by atoms with Gasteiger partial charge >= 0.3 is 5.97 Å². The lowest BCUT2D eigenvalue weighted by Gasteiger charge is -2.21. The van der Waals surface area contributed by atoms with Crippen molar-refractivity contribution in [3.63, 3.8) is 0 Å². The Labute approximate surface area is 98.9 Å². The Morgan fingerprint density at radius 2 is 2.56 bits per heavy atom. The summed E-state index contributed by atoms with van der Waals surface area (Å²) in [7, 11) is 0. The number of carboxylic acid groups (broad SMARTS) is 1. The summed E-state index contributed by atoms with van der Waals surface area (Å²) in [5.41, 5.74) is 0.891. The third kappa shape index (κ3) is 2.41. The van der Waals surface area contributed by atoms with Crippen molar-refractivity contribution in [1.29, 1.82) is 0 Å². The zero-order chi connectivity index (χ0) is 11.5. The van der Waals surface area contributed by atoms with E-state index in [4.69, 9.17) is 5.11 Å². The van der Waals surface area contributed by atoms with Crippen LogP contribution in [0.3, 0.4) is 0 Å². The number of hydrogen-bond donors (Lipinski definition) is 1. The Bertz CT molecular complexity index is 378. The Balaban J connectivity index is 2.00. The minimum absolute atomic E-state index is 0.197. The van der Waals surface area contributed by atoms with E-state index in [9.17, 15) is 4.79 Å². The predicted molar refractivity (Wildman–Crippen MR) is 62.8 cm³/mol. The maximum Gasteiger partial charge on any atom is 0.365 e. The highest BCUT2D eigenvalue weighted by Crippen LogP contribution is 2.22. The standard InChI is InChI=1S/C11H16N2O2S/c1-2-9-4-3-5-13(9)6-8-7-16-10(12-8)11(14)15/h7,9H,2-6H2,1H3,(H,14,15). The molecule has 1 aliphatic rings. The highest BCUT2D eigenvalue weighted by molar-refractivity contribution is 7.11. The van der Waals surface area contributed by atoms with Crippen LogP contribution in [0.2, 0.25) is 0 Å². The van der Waals surface area contributed by atoms with Crippen molar-refractivity contribution in [2.24, 2.45) is 0 Å². The first-order valence-corrected chi connectivity index (χ1v) is 6.50. The topological polar surface area (TPSA) is 53.4 Å². The van der Waals surface area contributed by atoms with Crippen LogP contribution in [0, 0.1) is 0 Å². The average Bonchev–Trinajstić information content (AvgIpc) is 2.87. The van der Waals surface area contributed by atoms with Crippen LogP contribution >= 0.6 is 11.3 Å². The first kappa shape index (κ1) is 11.5. The fraction of sp³-hybridized carbons (Fsp3) is 0.636. The van der Waals surface area contributed by atoms with E-state index in [2.05, 4.69) is 16.8 Å². The van der Waals surface area contributed by atoms with Gasteiger partial charge in [-0.25, -0.2) is 9.78 Å². The van der Waals surface area contributed by atoms with Crippen molar-refractivity contribution in [2.45, 2.75) is 38.8 Å². The summed E-state index contributed by atoms with van der Waals surface area (Å²) < 4.78 is 0. The second kappa shape index (κ2) is 4.93. The zero-order valence-corrected chi connectivity index (χ0v) is 10.2. The molecule has 5 heteroatoms. The second-order valence-electron chi connectivity index (χ2n) is 4.12. The molecule has 1 saturated heterocycles. The van der Waals surface area contributed by atoms with Gasteiger partial charge in [-0.05, 0) is 25.8 Å². The fourth-order valence-corrected chi connectivity index (χ4v) is 2.90. The van der Waals surface area contributed by atoms with Gasteiger partial charge in [0.2, 0.25) is 5.01 Å². The number of hydrogen-bond acceptors (Lipinski definition) is 4. The quantitative estimate of drug-likeness (QED) is 0.876. The van der Waals surface area contributed by atoms with Crippen LogP contribution in [0.5, 0.6) is 0 Å². The smallest absolute Gasteiger partial charge is 0.365 e. The van der Waals surface area contributed by atoms with Crippen molar-refractivity contribution >= 4 is 17.3 Å². The SMILES string of the molecule is CCC1CCCN1Cc1csc(C(=O)O)n1. The third-order valence-corrected chi connectivity index (χ3v) is 3.95. The molecular weight excluding hydrogens is 224 g/mol. The number of thiazole rings is 1. The van der Waals surface area contributed by atoms with Gasteiger partial charge in [-0.2, -0.15) is 0 Å². The molecule has 16 heavy (non-hydrogen) atoms. The minimum Gasteiger partial charge on any atom is -0.476 e. The number of likely N-dealkylation sites (tertiary alicyclic amines) is 1. The number of carbonyl (C=O) groups is 1. The lowest BCUT2D eigenvalue weighted by Crippen LogP contribution is -2.28. The van der Waals surface area contributed by atoms with Crippen LogP contribution < -0.4 is 0 Å².